The highest BCUT2D eigenvalue weighted by Gasteiger charge is 2.34. The molecule has 1 aliphatic rings. The number of sulfonamides is 1. The molecule has 1 aromatic carbocycles. The molecular weight excluding hydrogens is 358 g/mol. The van der Waals surface area contributed by atoms with Gasteiger partial charge >= 0.3 is 0 Å². The van der Waals surface area contributed by atoms with Crippen molar-refractivity contribution in [3.63, 3.8) is 0 Å². The molecule has 1 aliphatic heterocycles. The second-order valence-corrected chi connectivity index (χ2v) is 8.24. The van der Waals surface area contributed by atoms with Crippen LogP contribution in [0.1, 0.15) is 36.9 Å². The zero-order valence-corrected chi connectivity index (χ0v) is 16.1. The molecule has 0 saturated carbocycles. The van der Waals surface area contributed by atoms with Crippen LogP contribution in [0.5, 0.6) is 0 Å². The normalized spacial score (nSPS) is 18.8. The van der Waals surface area contributed by atoms with Gasteiger partial charge in [-0.15, -0.1) is 12.4 Å². The van der Waals surface area contributed by atoms with E-state index in [9.17, 15) is 8.42 Å². The smallest absolute Gasteiger partial charge is 0.243 e. The van der Waals surface area contributed by atoms with E-state index in [0.717, 1.165) is 11.1 Å². The van der Waals surface area contributed by atoms with Crippen molar-refractivity contribution in [2.24, 2.45) is 0 Å². The summed E-state index contributed by atoms with van der Waals surface area (Å²) in [7, 11) is -3.55. The third-order valence-electron chi connectivity index (χ3n) is 4.39. The first-order chi connectivity index (χ1) is 11.5. The molecule has 1 unspecified atom stereocenters. The van der Waals surface area contributed by atoms with E-state index in [1.54, 1.807) is 28.8 Å². The van der Waals surface area contributed by atoms with Crippen LogP contribution in [0.2, 0.25) is 0 Å². The SMILES string of the molecule is CC(C)c1cccc(S(=O)(=O)N2CCNCC2c2cccnc2)c1.Cl. The highest BCUT2D eigenvalue weighted by molar-refractivity contribution is 7.89. The molecule has 1 aromatic heterocycles. The van der Waals surface area contributed by atoms with Gasteiger partial charge in [0.05, 0.1) is 10.9 Å². The Hall–Kier alpha value is -1.47. The van der Waals surface area contributed by atoms with Gasteiger partial charge in [0, 0.05) is 32.0 Å². The predicted molar refractivity (Wildman–Crippen MR) is 102 cm³/mol. The summed E-state index contributed by atoms with van der Waals surface area (Å²) in [6.45, 7) is 5.83. The van der Waals surface area contributed by atoms with E-state index in [1.807, 2.05) is 24.3 Å². The van der Waals surface area contributed by atoms with E-state index in [4.69, 9.17) is 0 Å². The van der Waals surface area contributed by atoms with Gasteiger partial charge in [0.15, 0.2) is 0 Å². The van der Waals surface area contributed by atoms with Gasteiger partial charge in [-0.05, 0) is 35.2 Å². The number of pyridine rings is 1. The first-order valence-electron chi connectivity index (χ1n) is 8.22. The van der Waals surface area contributed by atoms with Gasteiger partial charge in [0.1, 0.15) is 0 Å². The Bertz CT molecular complexity index is 797. The fourth-order valence-corrected chi connectivity index (χ4v) is 4.67. The van der Waals surface area contributed by atoms with Crippen LogP contribution >= 0.6 is 12.4 Å². The molecule has 0 amide bonds. The van der Waals surface area contributed by atoms with Crippen LogP contribution in [0.3, 0.4) is 0 Å². The minimum Gasteiger partial charge on any atom is -0.313 e. The van der Waals surface area contributed by atoms with Crippen LogP contribution in [0.25, 0.3) is 0 Å². The largest absolute Gasteiger partial charge is 0.313 e. The van der Waals surface area contributed by atoms with Crippen LogP contribution in [0.4, 0.5) is 0 Å². The Morgan fingerprint density at radius 1 is 1.24 bits per heavy atom. The van der Waals surface area contributed by atoms with Crippen molar-refractivity contribution >= 4 is 22.4 Å². The number of nitrogens with zero attached hydrogens (tertiary/aromatic N) is 2. The minimum atomic E-state index is -3.55. The van der Waals surface area contributed by atoms with Crippen molar-refractivity contribution in [3.8, 4) is 0 Å². The lowest BCUT2D eigenvalue weighted by Crippen LogP contribution is -2.48. The van der Waals surface area contributed by atoms with Crippen LogP contribution in [-0.4, -0.2) is 37.3 Å². The van der Waals surface area contributed by atoms with Crippen molar-refractivity contribution in [2.75, 3.05) is 19.6 Å². The second kappa shape index (κ2) is 8.27. The lowest BCUT2D eigenvalue weighted by molar-refractivity contribution is 0.271. The number of hydrogen-bond donors (Lipinski definition) is 1. The highest BCUT2D eigenvalue weighted by atomic mass is 35.5. The molecule has 0 radical (unpaired) electrons. The van der Waals surface area contributed by atoms with Gasteiger partial charge in [-0.25, -0.2) is 8.42 Å². The quantitative estimate of drug-likeness (QED) is 0.884. The van der Waals surface area contributed by atoms with Gasteiger partial charge in [0.25, 0.3) is 0 Å². The average Bonchev–Trinajstić information content (AvgIpc) is 2.62. The summed E-state index contributed by atoms with van der Waals surface area (Å²) in [5.74, 6) is 0.289. The highest BCUT2D eigenvalue weighted by Crippen LogP contribution is 2.29. The van der Waals surface area contributed by atoms with Crippen LogP contribution in [0, 0.1) is 0 Å². The van der Waals surface area contributed by atoms with E-state index in [-0.39, 0.29) is 24.4 Å². The molecule has 5 nitrogen and oxygen atoms in total. The van der Waals surface area contributed by atoms with Crippen molar-refractivity contribution in [1.82, 2.24) is 14.6 Å². The number of hydrogen-bond acceptors (Lipinski definition) is 4. The minimum absolute atomic E-state index is 0. The number of rotatable bonds is 4. The zero-order valence-electron chi connectivity index (χ0n) is 14.4. The summed E-state index contributed by atoms with van der Waals surface area (Å²) in [5.41, 5.74) is 1.94. The fraction of sp³-hybridized carbons (Fsp3) is 0.389. The van der Waals surface area contributed by atoms with Gasteiger partial charge < -0.3 is 5.32 Å². The maximum absolute atomic E-state index is 13.2. The van der Waals surface area contributed by atoms with Gasteiger partial charge in [-0.3, -0.25) is 4.98 Å². The first kappa shape index (κ1) is 19.8. The summed E-state index contributed by atoms with van der Waals surface area (Å²) >= 11 is 0. The molecule has 7 heteroatoms. The van der Waals surface area contributed by atoms with Crippen LogP contribution < -0.4 is 5.32 Å². The number of piperazine rings is 1. The van der Waals surface area contributed by atoms with E-state index in [0.29, 0.717) is 24.5 Å². The lowest BCUT2D eigenvalue weighted by Gasteiger charge is -2.35. The molecule has 3 rings (SSSR count). The van der Waals surface area contributed by atoms with Gasteiger partial charge in [0.2, 0.25) is 10.0 Å². The third-order valence-corrected chi connectivity index (χ3v) is 6.30. The molecule has 1 N–H and O–H groups in total. The molecular formula is C18H24ClN3O2S. The summed E-state index contributed by atoms with van der Waals surface area (Å²) in [6.07, 6.45) is 3.44. The Labute approximate surface area is 155 Å². The summed E-state index contributed by atoms with van der Waals surface area (Å²) in [5, 5.41) is 3.28. The Morgan fingerprint density at radius 3 is 2.72 bits per heavy atom. The molecule has 2 heterocycles. The molecule has 0 aliphatic carbocycles. The van der Waals surface area contributed by atoms with E-state index < -0.39 is 10.0 Å². The van der Waals surface area contributed by atoms with E-state index >= 15 is 0 Å². The van der Waals surface area contributed by atoms with Crippen LogP contribution in [-0.2, 0) is 10.0 Å². The molecule has 1 fully saturated rings. The van der Waals surface area contributed by atoms with Crippen LogP contribution in [0.15, 0.2) is 53.7 Å². The van der Waals surface area contributed by atoms with Crippen molar-refractivity contribution < 1.29 is 8.42 Å². The number of benzene rings is 1. The topological polar surface area (TPSA) is 62.3 Å². The predicted octanol–water partition coefficient (Wildman–Crippen LogP) is 2.96. The summed E-state index contributed by atoms with van der Waals surface area (Å²) < 4.78 is 28.0. The van der Waals surface area contributed by atoms with Crippen molar-refractivity contribution in [2.45, 2.75) is 30.7 Å². The van der Waals surface area contributed by atoms with E-state index in [2.05, 4.69) is 24.1 Å². The fourth-order valence-electron chi connectivity index (χ4n) is 3.00. The molecule has 0 spiro atoms. The van der Waals surface area contributed by atoms with E-state index in [1.165, 1.54) is 0 Å². The van der Waals surface area contributed by atoms with Crippen molar-refractivity contribution in [1.29, 1.82) is 0 Å². The number of aromatic nitrogens is 1. The molecule has 2 aromatic rings. The average molecular weight is 382 g/mol. The number of halogens is 1. The molecule has 1 atom stereocenters. The van der Waals surface area contributed by atoms with Crippen molar-refractivity contribution in [3.05, 3.63) is 59.9 Å². The van der Waals surface area contributed by atoms with Gasteiger partial charge in [-0.1, -0.05) is 32.0 Å². The van der Waals surface area contributed by atoms with Gasteiger partial charge in [-0.2, -0.15) is 4.31 Å². The maximum Gasteiger partial charge on any atom is 0.243 e. The lowest BCUT2D eigenvalue weighted by atomic mass is 10.0. The monoisotopic (exact) mass is 381 g/mol. The molecule has 0 bridgehead atoms. The Morgan fingerprint density at radius 2 is 2.04 bits per heavy atom. The standard InChI is InChI=1S/C18H23N3O2S.ClH/c1-14(2)15-5-3-7-17(11-15)24(22,23)21-10-9-20-13-18(21)16-6-4-8-19-12-16;/h3-8,11-12,14,18,20H,9-10,13H2,1-2H3;1H. The summed E-state index contributed by atoms with van der Waals surface area (Å²) in [4.78, 5) is 4.50. The zero-order chi connectivity index (χ0) is 17.2. The molecule has 25 heavy (non-hydrogen) atoms. The maximum atomic E-state index is 13.2. The Balaban J connectivity index is 0.00000225. The first-order valence-corrected chi connectivity index (χ1v) is 9.66. The molecule has 136 valence electrons. The second-order valence-electron chi connectivity index (χ2n) is 6.35. The molecule has 1 saturated heterocycles. The number of nitrogens with one attached hydrogen (secondary N) is 1. The Kier molecular flexibility index (Phi) is 6.57. The summed E-state index contributed by atoms with van der Waals surface area (Å²) in [6, 6.07) is 10.8. The third kappa shape index (κ3) is 4.20.